The number of nitrogens with zero attached hydrogens (tertiary/aromatic N) is 8. The molecule has 0 bridgehead atoms. The normalized spacial score (nSPS) is 11.0. The van der Waals surface area contributed by atoms with E-state index in [2.05, 4.69) is 25.6 Å². The number of carboxylic acid groups (broad SMARTS) is 2. The number of benzene rings is 2. The van der Waals surface area contributed by atoms with E-state index in [1.165, 1.54) is 58.2 Å². The maximum absolute atomic E-state index is 13.7. The van der Waals surface area contributed by atoms with Gasteiger partial charge in [-0.3, -0.25) is 4.79 Å². The number of hydrogen-bond acceptors (Lipinski definition) is 10. The Morgan fingerprint density at radius 3 is 1.51 bits per heavy atom. The minimum absolute atomic E-state index is 0.216. The molecule has 5 aromatic rings. The van der Waals surface area contributed by atoms with Gasteiger partial charge in [0.05, 0.1) is 35.2 Å². The van der Waals surface area contributed by atoms with Crippen molar-refractivity contribution in [2.75, 3.05) is 13.1 Å². The minimum atomic E-state index is -1.28. The third-order valence-electron chi connectivity index (χ3n) is 6.81. The maximum atomic E-state index is 13.7. The third-order valence-corrected chi connectivity index (χ3v) is 6.81. The summed E-state index contributed by atoms with van der Waals surface area (Å²) in [5, 5.41) is 55.3. The average Bonchev–Trinajstić information content (AvgIpc) is 3.71. The van der Waals surface area contributed by atoms with Crippen LogP contribution in [-0.2, 0) is 0 Å². The van der Waals surface area contributed by atoms with Crippen molar-refractivity contribution in [3.8, 4) is 45.6 Å². The number of carbonyl (C=O) groups excluding carboxylic acids is 1. The molecule has 1 amide bonds. The van der Waals surface area contributed by atoms with Gasteiger partial charge in [0.1, 0.15) is 34.0 Å². The Morgan fingerprint density at radius 2 is 1.13 bits per heavy atom. The summed E-state index contributed by atoms with van der Waals surface area (Å²) >= 11 is 0. The summed E-state index contributed by atoms with van der Waals surface area (Å²) < 4.78 is 2.67. The van der Waals surface area contributed by atoms with Crippen molar-refractivity contribution in [1.29, 1.82) is 0 Å². The van der Waals surface area contributed by atoms with E-state index in [-0.39, 0.29) is 28.4 Å². The summed E-state index contributed by atoms with van der Waals surface area (Å²) in [6, 6.07) is 11.1. The fourth-order valence-corrected chi connectivity index (χ4v) is 4.66. The van der Waals surface area contributed by atoms with E-state index in [0.717, 1.165) is 12.8 Å². The molecule has 0 spiro atoms. The highest BCUT2D eigenvalue weighted by molar-refractivity contribution is 5.96. The molecular weight excluding hydrogens is 584 g/mol. The Hall–Kier alpha value is -6.12. The van der Waals surface area contributed by atoms with Gasteiger partial charge in [0.2, 0.25) is 0 Å². The van der Waals surface area contributed by atoms with Gasteiger partial charge in [0.25, 0.3) is 5.91 Å². The lowest BCUT2D eigenvalue weighted by Gasteiger charge is -2.22. The number of amides is 1. The van der Waals surface area contributed by atoms with Crippen LogP contribution in [0.4, 0.5) is 0 Å². The second-order valence-electron chi connectivity index (χ2n) is 10.0. The van der Waals surface area contributed by atoms with Crippen LogP contribution in [0.2, 0.25) is 0 Å². The van der Waals surface area contributed by atoms with E-state index < -0.39 is 23.4 Å². The Morgan fingerprint density at radius 1 is 0.689 bits per heavy atom. The van der Waals surface area contributed by atoms with Crippen LogP contribution in [0, 0.1) is 0 Å². The summed E-state index contributed by atoms with van der Waals surface area (Å²) in [5.41, 5.74) is 1.65. The number of hydrogen-bond donors (Lipinski definition) is 4. The Kier molecular flexibility index (Phi) is 8.51. The van der Waals surface area contributed by atoms with Gasteiger partial charge in [-0.05, 0) is 49.2 Å². The molecule has 0 saturated heterocycles. The lowest BCUT2D eigenvalue weighted by atomic mass is 10.1. The lowest BCUT2D eigenvalue weighted by molar-refractivity contribution is 0.0682. The van der Waals surface area contributed by atoms with Crippen LogP contribution in [0.25, 0.3) is 34.2 Å². The predicted octanol–water partition coefficient (Wildman–Crippen LogP) is 3.65. The van der Waals surface area contributed by atoms with Crippen molar-refractivity contribution < 1.29 is 34.8 Å². The number of phenols is 2. The molecule has 0 fully saturated rings. The zero-order valence-corrected chi connectivity index (χ0v) is 24.2. The molecule has 0 atom stereocenters. The second kappa shape index (κ2) is 12.6. The first-order valence-electron chi connectivity index (χ1n) is 13.9. The third kappa shape index (κ3) is 6.31. The van der Waals surface area contributed by atoms with Crippen molar-refractivity contribution in [2.45, 2.75) is 26.7 Å². The monoisotopic (exact) mass is 612 g/mol. The molecule has 4 N–H and O–H groups in total. The number of carboxylic acids is 2. The average molecular weight is 613 g/mol. The molecule has 5 rings (SSSR count). The van der Waals surface area contributed by atoms with Crippen LogP contribution >= 0.6 is 0 Å². The number of aromatic nitrogens is 7. The van der Waals surface area contributed by atoms with E-state index in [1.54, 1.807) is 17.0 Å². The van der Waals surface area contributed by atoms with Crippen LogP contribution in [0.1, 0.15) is 57.8 Å². The molecule has 45 heavy (non-hydrogen) atoms. The smallest absolute Gasteiger partial charge is 0.339 e. The largest absolute Gasteiger partial charge is 0.507 e. The minimum Gasteiger partial charge on any atom is -0.507 e. The number of rotatable bonds is 11. The second-order valence-corrected chi connectivity index (χ2v) is 10.0. The van der Waals surface area contributed by atoms with Crippen LogP contribution in [-0.4, -0.2) is 91.2 Å². The molecule has 0 unspecified atom stereocenters. The zero-order chi connectivity index (χ0) is 32.2. The summed E-state index contributed by atoms with van der Waals surface area (Å²) in [7, 11) is 0. The molecule has 230 valence electrons. The van der Waals surface area contributed by atoms with Gasteiger partial charge < -0.3 is 25.3 Å². The van der Waals surface area contributed by atoms with Crippen molar-refractivity contribution in [3.63, 3.8) is 0 Å². The highest BCUT2D eigenvalue weighted by Gasteiger charge is 2.21. The predicted molar refractivity (Wildman–Crippen MR) is 159 cm³/mol. The van der Waals surface area contributed by atoms with Gasteiger partial charge in [-0.25, -0.2) is 23.9 Å². The molecule has 0 saturated carbocycles. The van der Waals surface area contributed by atoms with Crippen LogP contribution in [0.15, 0.2) is 60.9 Å². The molecule has 15 heteroatoms. The summed E-state index contributed by atoms with van der Waals surface area (Å²) in [6.45, 7) is 5.07. The highest BCUT2D eigenvalue weighted by Crippen LogP contribution is 2.27. The summed E-state index contributed by atoms with van der Waals surface area (Å²) in [5.74, 6) is -3.64. The van der Waals surface area contributed by atoms with E-state index in [4.69, 9.17) is 0 Å². The first-order chi connectivity index (χ1) is 21.6. The van der Waals surface area contributed by atoms with Gasteiger partial charge in [-0.1, -0.05) is 24.3 Å². The molecule has 0 radical (unpaired) electrons. The van der Waals surface area contributed by atoms with E-state index in [1.807, 2.05) is 13.8 Å². The molecule has 2 aromatic carbocycles. The Bertz CT molecular complexity index is 1790. The van der Waals surface area contributed by atoms with Crippen molar-refractivity contribution >= 4 is 17.8 Å². The summed E-state index contributed by atoms with van der Waals surface area (Å²) in [4.78, 5) is 42.6. The quantitative estimate of drug-likeness (QED) is 0.168. The fourth-order valence-electron chi connectivity index (χ4n) is 4.66. The van der Waals surface area contributed by atoms with Gasteiger partial charge >= 0.3 is 11.9 Å². The van der Waals surface area contributed by atoms with Crippen molar-refractivity contribution in [1.82, 2.24) is 39.9 Å². The molecular formula is C30H28N8O7. The lowest BCUT2D eigenvalue weighted by Crippen LogP contribution is -2.32. The van der Waals surface area contributed by atoms with Crippen molar-refractivity contribution in [2.24, 2.45) is 0 Å². The molecule has 0 aliphatic heterocycles. The van der Waals surface area contributed by atoms with Gasteiger partial charge in [-0.2, -0.15) is 0 Å². The van der Waals surface area contributed by atoms with Gasteiger partial charge in [0.15, 0.2) is 0 Å². The standard InChI is InChI=1S/C30H28N8O7/c1-3-9-36(10-4-2)28(41)17-11-22(24-15-37(34-32-24)18-5-7-20(29(42)43)26(39)13-18)31-23(12-17)25-16-38(35-33-25)19-6-8-21(30(44)45)27(40)14-19/h5-8,11-16,39-40H,3-4,9-10H2,1-2H3,(H,42,43)(H,44,45). The van der Waals surface area contributed by atoms with E-state index in [9.17, 15) is 34.8 Å². The first-order valence-corrected chi connectivity index (χ1v) is 13.9. The number of carbonyl (C=O) groups is 3. The van der Waals surface area contributed by atoms with Crippen molar-refractivity contribution in [3.05, 3.63) is 77.6 Å². The van der Waals surface area contributed by atoms with E-state index in [0.29, 0.717) is 41.4 Å². The SMILES string of the molecule is CCCN(CCC)C(=O)c1cc(-c2cn(-c3ccc(C(=O)O)c(O)c3)nn2)nc(-c2cn(-c3ccc(C(=O)O)c(O)c3)nn2)c1. The highest BCUT2D eigenvalue weighted by atomic mass is 16.4. The Labute approximate surface area is 255 Å². The van der Waals surface area contributed by atoms with Crippen LogP contribution in [0.3, 0.4) is 0 Å². The molecule has 0 aliphatic carbocycles. The number of aromatic hydroxyl groups is 2. The first kappa shape index (κ1) is 30.3. The topological polar surface area (TPSA) is 210 Å². The number of aromatic carboxylic acids is 2. The summed E-state index contributed by atoms with van der Waals surface area (Å²) in [6.07, 6.45) is 4.57. The molecule has 15 nitrogen and oxygen atoms in total. The molecule has 3 aromatic heterocycles. The Balaban J connectivity index is 1.56. The maximum Gasteiger partial charge on any atom is 0.339 e. The number of pyridine rings is 1. The van der Waals surface area contributed by atoms with E-state index >= 15 is 0 Å². The van der Waals surface area contributed by atoms with Crippen LogP contribution < -0.4 is 0 Å². The molecule has 0 aliphatic rings. The van der Waals surface area contributed by atoms with Gasteiger partial charge in [-0.15, -0.1) is 10.2 Å². The molecule has 3 heterocycles. The fraction of sp³-hybridized carbons (Fsp3) is 0.200. The zero-order valence-electron chi connectivity index (χ0n) is 24.2. The van der Waals surface area contributed by atoms with Crippen LogP contribution in [0.5, 0.6) is 11.5 Å². The van der Waals surface area contributed by atoms with Gasteiger partial charge in [0, 0.05) is 30.8 Å².